The largest absolute Gasteiger partial charge is 0.506 e. The van der Waals surface area contributed by atoms with Gasteiger partial charge in [0.05, 0.1) is 24.5 Å². The van der Waals surface area contributed by atoms with Crippen LogP contribution in [0, 0.1) is 12.8 Å². The number of hydrogen-bond donors (Lipinski definition) is 1. The first-order chi connectivity index (χ1) is 10.5. The molecule has 0 spiro atoms. The first-order valence-corrected chi connectivity index (χ1v) is 8.04. The quantitative estimate of drug-likeness (QED) is 0.571. The Labute approximate surface area is 133 Å². The van der Waals surface area contributed by atoms with Crippen LogP contribution in [0.5, 0.6) is 5.75 Å². The van der Waals surface area contributed by atoms with Gasteiger partial charge in [-0.05, 0) is 45.4 Å². The molecule has 22 heavy (non-hydrogen) atoms. The fraction of sp³-hybridized carbons (Fsp3) is 0.611. The zero-order chi connectivity index (χ0) is 16.1. The molecule has 0 aliphatic carbocycles. The summed E-state index contributed by atoms with van der Waals surface area (Å²) >= 11 is 0. The predicted molar refractivity (Wildman–Crippen MR) is 86.6 cm³/mol. The highest BCUT2D eigenvalue weighted by Gasteiger charge is 2.28. The molecule has 2 atom stereocenters. The van der Waals surface area contributed by atoms with E-state index in [0.717, 1.165) is 30.4 Å². The molecule has 1 aliphatic heterocycles. The molecule has 122 valence electrons. The van der Waals surface area contributed by atoms with Gasteiger partial charge in [0.2, 0.25) is 0 Å². The summed E-state index contributed by atoms with van der Waals surface area (Å²) in [6.45, 7) is 11.2. The maximum absolute atomic E-state index is 10.1. The minimum absolute atomic E-state index is 0.204. The van der Waals surface area contributed by atoms with E-state index < -0.39 is 6.29 Å². The molecule has 0 fully saturated rings. The summed E-state index contributed by atoms with van der Waals surface area (Å²) < 4.78 is 11.4. The van der Waals surface area contributed by atoms with Crippen LogP contribution in [-0.4, -0.2) is 16.7 Å². The molecular weight excluding hydrogens is 278 g/mol. The smallest absolute Gasteiger partial charge is 0.188 e. The predicted octanol–water partition coefficient (Wildman–Crippen LogP) is 4.41. The minimum Gasteiger partial charge on any atom is -0.506 e. The second-order valence-electron chi connectivity index (χ2n) is 6.39. The Bertz CT molecular complexity index is 527. The van der Waals surface area contributed by atoms with E-state index in [4.69, 9.17) is 9.47 Å². The van der Waals surface area contributed by atoms with Crippen LogP contribution in [0.4, 0.5) is 0 Å². The molecular formula is C18H27NO3. The lowest BCUT2D eigenvalue weighted by Gasteiger charge is -2.15. The summed E-state index contributed by atoms with van der Waals surface area (Å²) in [5, 5.41) is 10.1. The van der Waals surface area contributed by atoms with Crippen molar-refractivity contribution in [2.24, 2.45) is 5.92 Å². The first kappa shape index (κ1) is 17.0. The van der Waals surface area contributed by atoms with Crippen LogP contribution >= 0.6 is 0 Å². The second-order valence-corrected chi connectivity index (χ2v) is 6.39. The Balaban J connectivity index is 1.76. The van der Waals surface area contributed by atoms with E-state index in [9.17, 15) is 5.11 Å². The van der Waals surface area contributed by atoms with Gasteiger partial charge in [-0.15, -0.1) is 6.58 Å². The number of allylic oxidation sites excluding steroid dienone is 1. The van der Waals surface area contributed by atoms with Crippen molar-refractivity contribution >= 4 is 0 Å². The van der Waals surface area contributed by atoms with Gasteiger partial charge in [0.1, 0.15) is 5.75 Å². The van der Waals surface area contributed by atoms with Gasteiger partial charge in [0.25, 0.3) is 0 Å². The monoisotopic (exact) mass is 305 g/mol. The fourth-order valence-electron chi connectivity index (χ4n) is 2.67. The SMILES string of the molecule is C=C(C)CC[C@H](C)CCCOC1OCc2cnc(C)c(O)c21. The van der Waals surface area contributed by atoms with Crippen LogP contribution in [0.2, 0.25) is 0 Å². The number of nitrogens with zero attached hydrogens (tertiary/aromatic N) is 1. The van der Waals surface area contributed by atoms with Crippen molar-refractivity contribution in [3.8, 4) is 5.75 Å². The van der Waals surface area contributed by atoms with Crippen molar-refractivity contribution in [2.45, 2.75) is 59.4 Å². The number of aryl methyl sites for hydroxylation is 1. The fourth-order valence-corrected chi connectivity index (χ4v) is 2.67. The minimum atomic E-state index is -0.456. The first-order valence-electron chi connectivity index (χ1n) is 8.04. The van der Waals surface area contributed by atoms with Crippen molar-refractivity contribution in [1.29, 1.82) is 0 Å². The van der Waals surface area contributed by atoms with E-state index >= 15 is 0 Å². The average Bonchev–Trinajstić information content (AvgIpc) is 2.89. The van der Waals surface area contributed by atoms with Gasteiger partial charge in [0, 0.05) is 11.8 Å². The van der Waals surface area contributed by atoms with Gasteiger partial charge < -0.3 is 14.6 Å². The molecule has 0 radical (unpaired) electrons. The van der Waals surface area contributed by atoms with Crippen LogP contribution in [-0.2, 0) is 16.1 Å². The van der Waals surface area contributed by atoms with Crippen molar-refractivity contribution in [2.75, 3.05) is 6.61 Å². The molecule has 1 unspecified atom stereocenters. The van der Waals surface area contributed by atoms with Gasteiger partial charge in [-0.3, -0.25) is 4.98 Å². The van der Waals surface area contributed by atoms with Crippen molar-refractivity contribution < 1.29 is 14.6 Å². The third kappa shape index (κ3) is 4.31. The molecule has 0 bridgehead atoms. The highest BCUT2D eigenvalue weighted by atomic mass is 16.7. The van der Waals surface area contributed by atoms with Gasteiger partial charge in [0.15, 0.2) is 6.29 Å². The summed E-state index contributed by atoms with van der Waals surface area (Å²) in [6.07, 6.45) is 5.71. The molecule has 4 nitrogen and oxygen atoms in total. The molecule has 1 aromatic heterocycles. The summed E-state index contributed by atoms with van der Waals surface area (Å²) in [5.41, 5.74) is 3.54. The maximum atomic E-state index is 10.1. The van der Waals surface area contributed by atoms with E-state index in [2.05, 4.69) is 25.4 Å². The zero-order valence-corrected chi connectivity index (χ0v) is 13.9. The topological polar surface area (TPSA) is 51.6 Å². The molecule has 4 heteroatoms. The number of rotatable bonds is 8. The standard InChI is InChI=1S/C18H27NO3/c1-12(2)7-8-13(3)6-5-9-21-18-16-15(11-22-18)10-19-14(4)17(16)20/h10,13,18,20H,1,5-9,11H2,2-4H3/t13-,18?/m1/s1. The van der Waals surface area contributed by atoms with Crippen molar-refractivity contribution in [3.63, 3.8) is 0 Å². The van der Waals surface area contributed by atoms with Crippen molar-refractivity contribution in [1.82, 2.24) is 4.98 Å². The highest BCUT2D eigenvalue weighted by molar-refractivity contribution is 5.43. The van der Waals surface area contributed by atoms with Gasteiger partial charge in [-0.1, -0.05) is 12.5 Å². The van der Waals surface area contributed by atoms with E-state index in [0.29, 0.717) is 24.8 Å². The van der Waals surface area contributed by atoms with Crippen molar-refractivity contribution in [3.05, 3.63) is 35.2 Å². The normalized spacial score (nSPS) is 18.2. The molecule has 1 aromatic rings. The van der Waals surface area contributed by atoms with E-state index in [-0.39, 0.29) is 5.75 Å². The Kier molecular flexibility index (Phi) is 5.98. The molecule has 0 aromatic carbocycles. The molecule has 0 saturated carbocycles. The molecule has 1 aliphatic rings. The van der Waals surface area contributed by atoms with E-state index in [1.165, 1.54) is 12.0 Å². The number of ether oxygens (including phenoxy) is 2. The van der Waals surface area contributed by atoms with Gasteiger partial charge in [-0.25, -0.2) is 0 Å². The van der Waals surface area contributed by atoms with Crippen LogP contribution < -0.4 is 0 Å². The number of hydrogen-bond acceptors (Lipinski definition) is 4. The number of aromatic nitrogens is 1. The van der Waals surface area contributed by atoms with Crippen LogP contribution in [0.3, 0.4) is 0 Å². The maximum Gasteiger partial charge on any atom is 0.188 e. The summed E-state index contributed by atoms with van der Waals surface area (Å²) in [4.78, 5) is 4.15. The molecule has 0 amide bonds. The van der Waals surface area contributed by atoms with Gasteiger partial charge >= 0.3 is 0 Å². The lowest BCUT2D eigenvalue weighted by molar-refractivity contribution is -0.139. The van der Waals surface area contributed by atoms with Crippen LogP contribution in [0.1, 0.15) is 62.6 Å². The summed E-state index contributed by atoms with van der Waals surface area (Å²) in [6, 6.07) is 0. The third-order valence-electron chi connectivity index (χ3n) is 4.16. The Hall–Kier alpha value is -1.39. The summed E-state index contributed by atoms with van der Waals surface area (Å²) in [5.74, 6) is 0.881. The average molecular weight is 305 g/mol. The molecule has 0 saturated heterocycles. The lowest BCUT2D eigenvalue weighted by Crippen LogP contribution is -2.06. The van der Waals surface area contributed by atoms with E-state index in [1.807, 2.05) is 0 Å². The highest BCUT2D eigenvalue weighted by Crippen LogP contribution is 2.38. The number of aromatic hydroxyl groups is 1. The second kappa shape index (κ2) is 7.75. The number of fused-ring (bicyclic) bond motifs is 1. The number of pyridine rings is 1. The molecule has 2 heterocycles. The zero-order valence-electron chi connectivity index (χ0n) is 13.9. The van der Waals surface area contributed by atoms with Gasteiger partial charge in [-0.2, -0.15) is 0 Å². The van der Waals surface area contributed by atoms with Crippen LogP contribution in [0.15, 0.2) is 18.3 Å². The van der Waals surface area contributed by atoms with E-state index in [1.54, 1.807) is 13.1 Å². The Morgan fingerprint density at radius 1 is 1.55 bits per heavy atom. The third-order valence-corrected chi connectivity index (χ3v) is 4.16. The van der Waals surface area contributed by atoms with Crippen LogP contribution in [0.25, 0.3) is 0 Å². The lowest BCUT2D eigenvalue weighted by atomic mass is 9.98. The molecule has 2 rings (SSSR count). The summed E-state index contributed by atoms with van der Waals surface area (Å²) in [7, 11) is 0. The molecule has 1 N–H and O–H groups in total. The Morgan fingerprint density at radius 2 is 2.32 bits per heavy atom. The Morgan fingerprint density at radius 3 is 3.05 bits per heavy atom.